The minimum absolute atomic E-state index is 0.261. The van der Waals surface area contributed by atoms with Crippen molar-refractivity contribution in [2.75, 3.05) is 13.1 Å². The Kier molecular flexibility index (Phi) is 5.29. The molecule has 18 heavy (non-hydrogen) atoms. The Bertz CT molecular complexity index is 388. The zero-order valence-corrected chi connectivity index (χ0v) is 11.8. The average molecular weight is 253 g/mol. The highest BCUT2D eigenvalue weighted by molar-refractivity contribution is 5.27. The molecule has 0 spiro atoms. The van der Waals surface area contributed by atoms with E-state index < -0.39 is 5.60 Å². The second kappa shape index (κ2) is 6.30. The van der Waals surface area contributed by atoms with Gasteiger partial charge in [0.1, 0.15) is 5.82 Å². The molecule has 1 unspecified atom stereocenters. The molecule has 0 aliphatic heterocycles. The lowest BCUT2D eigenvalue weighted by Gasteiger charge is -2.24. The Balaban J connectivity index is 2.59. The molecule has 0 heterocycles. The zero-order chi connectivity index (χ0) is 13.8. The van der Waals surface area contributed by atoms with Gasteiger partial charge in [-0.1, -0.05) is 26.0 Å². The number of aryl methyl sites for hydroxylation is 1. The molecule has 0 aromatic heterocycles. The van der Waals surface area contributed by atoms with E-state index in [-0.39, 0.29) is 5.82 Å². The number of aliphatic hydroxyl groups is 1. The van der Waals surface area contributed by atoms with Crippen LogP contribution in [0.1, 0.15) is 38.3 Å². The van der Waals surface area contributed by atoms with Gasteiger partial charge in [-0.05, 0) is 56.5 Å². The lowest BCUT2D eigenvalue weighted by Crippen LogP contribution is -2.29. The van der Waals surface area contributed by atoms with E-state index in [1.54, 1.807) is 26.0 Å². The maximum atomic E-state index is 13.5. The topological polar surface area (TPSA) is 32.3 Å². The number of nitrogens with one attached hydrogen (secondary N) is 1. The molecule has 1 rings (SSSR count). The van der Waals surface area contributed by atoms with Gasteiger partial charge in [-0.15, -0.1) is 0 Å². The van der Waals surface area contributed by atoms with Crippen molar-refractivity contribution in [1.82, 2.24) is 5.32 Å². The molecule has 2 nitrogen and oxygen atoms in total. The van der Waals surface area contributed by atoms with Crippen LogP contribution in [0, 0.1) is 18.7 Å². The molecule has 3 heteroatoms. The summed E-state index contributed by atoms with van der Waals surface area (Å²) in [5.74, 6) is 0.328. The van der Waals surface area contributed by atoms with Gasteiger partial charge in [0.15, 0.2) is 0 Å². The van der Waals surface area contributed by atoms with Crippen LogP contribution in [0.3, 0.4) is 0 Å². The van der Waals surface area contributed by atoms with E-state index in [4.69, 9.17) is 0 Å². The summed E-state index contributed by atoms with van der Waals surface area (Å²) in [5, 5.41) is 13.6. The van der Waals surface area contributed by atoms with Gasteiger partial charge in [-0.25, -0.2) is 4.39 Å². The van der Waals surface area contributed by atoms with E-state index >= 15 is 0 Å². The van der Waals surface area contributed by atoms with Gasteiger partial charge in [0.05, 0.1) is 5.60 Å². The van der Waals surface area contributed by atoms with Crippen LogP contribution in [0.5, 0.6) is 0 Å². The molecule has 0 aliphatic rings. The maximum Gasteiger partial charge on any atom is 0.126 e. The Labute approximate surface area is 109 Å². The molecule has 0 amide bonds. The normalized spacial score (nSPS) is 14.8. The molecule has 1 atom stereocenters. The van der Waals surface area contributed by atoms with E-state index in [2.05, 4.69) is 19.2 Å². The van der Waals surface area contributed by atoms with Crippen molar-refractivity contribution in [1.29, 1.82) is 0 Å². The molecule has 0 aliphatic carbocycles. The van der Waals surface area contributed by atoms with Crippen LogP contribution in [0.2, 0.25) is 0 Å². The van der Waals surface area contributed by atoms with Gasteiger partial charge in [0, 0.05) is 0 Å². The SMILES string of the molecule is Cc1ccc(C(C)(O)CCNCC(C)C)cc1F. The highest BCUT2D eigenvalue weighted by Gasteiger charge is 2.23. The van der Waals surface area contributed by atoms with Crippen molar-refractivity contribution in [3.05, 3.63) is 35.1 Å². The molecule has 0 saturated heterocycles. The molecule has 102 valence electrons. The standard InChI is InChI=1S/C15H24FNO/c1-11(2)10-17-8-7-15(4,18)13-6-5-12(3)14(16)9-13/h5-6,9,11,17-18H,7-8,10H2,1-4H3. The summed E-state index contributed by atoms with van der Waals surface area (Å²) < 4.78 is 13.5. The molecular weight excluding hydrogens is 229 g/mol. The minimum atomic E-state index is -0.988. The average Bonchev–Trinajstić information content (AvgIpc) is 2.28. The highest BCUT2D eigenvalue weighted by atomic mass is 19.1. The first-order valence-electron chi connectivity index (χ1n) is 6.52. The third kappa shape index (κ3) is 4.39. The molecule has 1 aromatic carbocycles. The summed E-state index contributed by atoms with van der Waals surface area (Å²) in [4.78, 5) is 0. The molecule has 0 radical (unpaired) electrons. The lowest BCUT2D eigenvalue weighted by molar-refractivity contribution is 0.0475. The van der Waals surface area contributed by atoms with Crippen LogP contribution in [0.25, 0.3) is 0 Å². The Hall–Kier alpha value is -0.930. The summed E-state index contributed by atoms with van der Waals surface area (Å²) in [6.07, 6.45) is 0.572. The smallest absolute Gasteiger partial charge is 0.126 e. The predicted octanol–water partition coefficient (Wildman–Crippen LogP) is 2.98. The number of rotatable bonds is 6. The molecule has 0 fully saturated rings. The van der Waals surface area contributed by atoms with Crippen molar-refractivity contribution in [3.8, 4) is 0 Å². The van der Waals surface area contributed by atoms with Gasteiger partial charge in [-0.3, -0.25) is 0 Å². The maximum absolute atomic E-state index is 13.5. The van der Waals surface area contributed by atoms with Crippen molar-refractivity contribution in [2.45, 2.75) is 39.7 Å². The molecule has 1 aromatic rings. The molecule has 0 bridgehead atoms. The number of benzene rings is 1. The largest absolute Gasteiger partial charge is 0.385 e. The van der Waals surface area contributed by atoms with Gasteiger partial charge >= 0.3 is 0 Å². The van der Waals surface area contributed by atoms with E-state index in [9.17, 15) is 9.50 Å². The van der Waals surface area contributed by atoms with E-state index in [1.807, 2.05) is 0 Å². The first-order valence-corrected chi connectivity index (χ1v) is 6.52. The summed E-state index contributed by atoms with van der Waals surface area (Å²) in [7, 11) is 0. The monoisotopic (exact) mass is 253 g/mol. The van der Waals surface area contributed by atoms with Gasteiger partial charge in [0.2, 0.25) is 0 Å². The molecule has 0 saturated carbocycles. The number of halogens is 1. The fourth-order valence-corrected chi connectivity index (χ4v) is 1.79. The summed E-state index contributed by atoms with van der Waals surface area (Å²) >= 11 is 0. The van der Waals surface area contributed by atoms with Crippen molar-refractivity contribution >= 4 is 0 Å². The zero-order valence-electron chi connectivity index (χ0n) is 11.8. The first kappa shape index (κ1) is 15.1. The third-order valence-electron chi connectivity index (χ3n) is 3.13. The number of hydrogen-bond acceptors (Lipinski definition) is 2. The third-order valence-corrected chi connectivity index (χ3v) is 3.13. The van der Waals surface area contributed by atoms with Crippen molar-refractivity contribution < 1.29 is 9.50 Å². The van der Waals surface area contributed by atoms with Crippen LogP contribution in [-0.4, -0.2) is 18.2 Å². The fraction of sp³-hybridized carbons (Fsp3) is 0.600. The summed E-state index contributed by atoms with van der Waals surface area (Å²) in [6.45, 7) is 9.38. The Morgan fingerprint density at radius 1 is 1.39 bits per heavy atom. The van der Waals surface area contributed by atoms with Crippen LogP contribution in [-0.2, 0) is 5.60 Å². The molecular formula is C15H24FNO. The van der Waals surface area contributed by atoms with Crippen LogP contribution < -0.4 is 5.32 Å². The number of hydrogen-bond donors (Lipinski definition) is 2. The fourth-order valence-electron chi connectivity index (χ4n) is 1.79. The van der Waals surface area contributed by atoms with Gasteiger partial charge in [-0.2, -0.15) is 0 Å². The van der Waals surface area contributed by atoms with E-state index in [1.165, 1.54) is 6.07 Å². The predicted molar refractivity (Wildman–Crippen MR) is 73.0 cm³/mol. The van der Waals surface area contributed by atoms with Crippen LogP contribution in [0.4, 0.5) is 4.39 Å². The summed E-state index contributed by atoms with van der Waals surface area (Å²) in [6, 6.07) is 4.93. The van der Waals surface area contributed by atoms with Crippen molar-refractivity contribution in [3.63, 3.8) is 0 Å². The second-order valence-electron chi connectivity index (χ2n) is 5.59. The quantitative estimate of drug-likeness (QED) is 0.764. The first-order chi connectivity index (χ1) is 8.33. The van der Waals surface area contributed by atoms with E-state index in [0.29, 0.717) is 23.5 Å². The van der Waals surface area contributed by atoms with Crippen LogP contribution in [0.15, 0.2) is 18.2 Å². The lowest BCUT2D eigenvalue weighted by atomic mass is 9.91. The van der Waals surface area contributed by atoms with Crippen LogP contribution >= 0.6 is 0 Å². The Morgan fingerprint density at radius 3 is 2.61 bits per heavy atom. The summed E-state index contributed by atoms with van der Waals surface area (Å²) in [5.41, 5.74) is 0.253. The van der Waals surface area contributed by atoms with E-state index in [0.717, 1.165) is 13.1 Å². The molecule has 2 N–H and O–H groups in total. The Morgan fingerprint density at radius 2 is 2.06 bits per heavy atom. The second-order valence-corrected chi connectivity index (χ2v) is 5.59. The minimum Gasteiger partial charge on any atom is -0.385 e. The van der Waals surface area contributed by atoms with Gasteiger partial charge < -0.3 is 10.4 Å². The van der Waals surface area contributed by atoms with Gasteiger partial charge in [0.25, 0.3) is 0 Å². The highest BCUT2D eigenvalue weighted by Crippen LogP contribution is 2.25. The van der Waals surface area contributed by atoms with Crippen molar-refractivity contribution in [2.24, 2.45) is 5.92 Å².